The fourth-order valence-electron chi connectivity index (χ4n) is 3.51. The maximum atomic E-state index is 12.2. The summed E-state index contributed by atoms with van der Waals surface area (Å²) in [6.07, 6.45) is 3.44. The van der Waals surface area contributed by atoms with Crippen LogP contribution in [0.2, 0.25) is 0 Å². The van der Waals surface area contributed by atoms with E-state index in [1.807, 2.05) is 26.8 Å². The minimum absolute atomic E-state index is 0.0801. The number of likely N-dealkylation sites (tertiary alicyclic amines) is 1. The Morgan fingerprint density at radius 3 is 2.56 bits per heavy atom. The highest BCUT2D eigenvalue weighted by Gasteiger charge is 2.28. The number of rotatable bonds is 5. The summed E-state index contributed by atoms with van der Waals surface area (Å²) >= 11 is 0. The van der Waals surface area contributed by atoms with Gasteiger partial charge >= 0.3 is 0 Å². The second kappa shape index (κ2) is 7.03. The monoisotopic (exact) mass is 365 g/mol. The molecule has 1 fully saturated rings. The van der Waals surface area contributed by atoms with Crippen molar-refractivity contribution in [3.8, 4) is 5.82 Å². The number of nitrogens with zero attached hydrogens (tertiary/aromatic N) is 7. The molecule has 0 spiro atoms. The molecule has 1 aliphatic heterocycles. The van der Waals surface area contributed by atoms with Crippen LogP contribution in [0.4, 0.5) is 0 Å². The van der Waals surface area contributed by atoms with E-state index in [9.17, 15) is 4.79 Å². The Hall–Kier alpha value is -2.87. The first-order valence-electron chi connectivity index (χ1n) is 9.10. The fourth-order valence-corrected chi connectivity index (χ4v) is 3.51. The van der Waals surface area contributed by atoms with E-state index >= 15 is 0 Å². The molecular formula is C19H23N7O. The van der Waals surface area contributed by atoms with Gasteiger partial charge in [-0.3, -0.25) is 19.7 Å². The lowest BCUT2D eigenvalue weighted by atomic mass is 10.00. The molecule has 0 unspecified atom stereocenters. The zero-order valence-electron chi connectivity index (χ0n) is 15.8. The Labute approximate surface area is 157 Å². The van der Waals surface area contributed by atoms with E-state index in [4.69, 9.17) is 0 Å². The summed E-state index contributed by atoms with van der Waals surface area (Å²) in [5.41, 5.74) is 3.83. The highest BCUT2D eigenvalue weighted by atomic mass is 16.1. The average Bonchev–Trinajstić information content (AvgIpc) is 2.94. The van der Waals surface area contributed by atoms with Crippen molar-refractivity contribution in [2.24, 2.45) is 5.92 Å². The quantitative estimate of drug-likeness (QED) is 0.677. The third-order valence-electron chi connectivity index (χ3n) is 4.90. The number of hydrogen-bond acceptors (Lipinski definition) is 6. The predicted molar refractivity (Wildman–Crippen MR) is 101 cm³/mol. The van der Waals surface area contributed by atoms with Gasteiger partial charge in [-0.25, -0.2) is 9.36 Å². The molecule has 1 saturated heterocycles. The first kappa shape index (κ1) is 17.5. The summed E-state index contributed by atoms with van der Waals surface area (Å²) in [6.45, 7) is 9.17. The van der Waals surface area contributed by atoms with Crippen LogP contribution in [0.25, 0.3) is 5.82 Å². The molecule has 27 heavy (non-hydrogen) atoms. The van der Waals surface area contributed by atoms with Gasteiger partial charge in [-0.05, 0) is 32.9 Å². The normalized spacial score (nSPS) is 15.1. The molecule has 3 aromatic rings. The van der Waals surface area contributed by atoms with Crippen LogP contribution in [0.15, 0.2) is 35.4 Å². The zero-order chi connectivity index (χ0) is 19.0. The highest BCUT2D eigenvalue weighted by Crippen LogP contribution is 2.20. The Bertz CT molecular complexity index is 1020. The Kier molecular flexibility index (Phi) is 4.57. The molecule has 8 nitrogen and oxygen atoms in total. The minimum atomic E-state index is -0.0801. The van der Waals surface area contributed by atoms with Crippen molar-refractivity contribution in [3.05, 3.63) is 63.7 Å². The molecule has 0 aliphatic carbocycles. The summed E-state index contributed by atoms with van der Waals surface area (Å²) in [4.78, 5) is 23.2. The first-order chi connectivity index (χ1) is 13.0. The van der Waals surface area contributed by atoms with Crippen molar-refractivity contribution in [2.75, 3.05) is 13.1 Å². The van der Waals surface area contributed by atoms with Crippen LogP contribution in [0.1, 0.15) is 22.8 Å². The smallest absolute Gasteiger partial charge is 0.266 e. The van der Waals surface area contributed by atoms with E-state index in [0.717, 1.165) is 42.4 Å². The van der Waals surface area contributed by atoms with Crippen molar-refractivity contribution in [1.29, 1.82) is 0 Å². The Morgan fingerprint density at radius 1 is 1.07 bits per heavy atom. The Morgan fingerprint density at radius 2 is 1.85 bits per heavy atom. The topological polar surface area (TPSA) is 81.7 Å². The summed E-state index contributed by atoms with van der Waals surface area (Å²) in [5.74, 6) is 1.08. The molecular weight excluding hydrogens is 342 g/mol. The van der Waals surface area contributed by atoms with Gasteiger partial charge in [0.15, 0.2) is 5.82 Å². The van der Waals surface area contributed by atoms with Gasteiger partial charge in [-0.1, -0.05) is 0 Å². The summed E-state index contributed by atoms with van der Waals surface area (Å²) < 4.78 is 3.33. The average molecular weight is 365 g/mol. The van der Waals surface area contributed by atoms with E-state index < -0.39 is 0 Å². The number of aryl methyl sites for hydroxylation is 3. The molecule has 0 bridgehead atoms. The van der Waals surface area contributed by atoms with Crippen LogP contribution in [-0.2, 0) is 13.1 Å². The second-order valence-electron chi connectivity index (χ2n) is 7.20. The highest BCUT2D eigenvalue weighted by molar-refractivity contribution is 5.23. The standard InChI is InChI=1S/C19H23N7O/c1-13-8-14(2)26(22-13)18-4-5-19(27)25(23-18)11-16-9-24(10-16)12-17-15(3)20-6-7-21-17/h4-8,16H,9-12H2,1-3H3. The van der Waals surface area contributed by atoms with Crippen LogP contribution in [0.5, 0.6) is 0 Å². The zero-order valence-corrected chi connectivity index (χ0v) is 15.8. The van der Waals surface area contributed by atoms with E-state index in [1.54, 1.807) is 33.9 Å². The first-order valence-corrected chi connectivity index (χ1v) is 9.10. The third kappa shape index (κ3) is 3.66. The molecule has 4 rings (SSSR count). The molecule has 0 radical (unpaired) electrons. The molecule has 8 heteroatoms. The van der Waals surface area contributed by atoms with Gasteiger partial charge in [0.05, 0.1) is 23.6 Å². The van der Waals surface area contributed by atoms with E-state index in [1.165, 1.54) is 0 Å². The van der Waals surface area contributed by atoms with E-state index in [-0.39, 0.29) is 5.56 Å². The number of aromatic nitrogens is 6. The molecule has 0 saturated carbocycles. The molecule has 0 atom stereocenters. The molecule has 0 amide bonds. The van der Waals surface area contributed by atoms with Gasteiger partial charge < -0.3 is 0 Å². The van der Waals surface area contributed by atoms with Crippen molar-refractivity contribution >= 4 is 0 Å². The van der Waals surface area contributed by atoms with Crippen LogP contribution in [0, 0.1) is 26.7 Å². The molecule has 140 valence electrons. The van der Waals surface area contributed by atoms with Crippen LogP contribution < -0.4 is 5.56 Å². The molecule has 4 heterocycles. The maximum Gasteiger partial charge on any atom is 0.266 e. The summed E-state index contributed by atoms with van der Waals surface area (Å²) in [5, 5.41) is 8.97. The predicted octanol–water partition coefficient (Wildman–Crippen LogP) is 1.28. The summed E-state index contributed by atoms with van der Waals surface area (Å²) in [7, 11) is 0. The fraction of sp³-hybridized carbons (Fsp3) is 0.421. The minimum Gasteiger partial charge on any atom is -0.297 e. The lowest BCUT2D eigenvalue weighted by molar-refractivity contribution is 0.0750. The second-order valence-corrected chi connectivity index (χ2v) is 7.20. The van der Waals surface area contributed by atoms with Gasteiger partial charge in [0.2, 0.25) is 0 Å². The molecule has 0 aromatic carbocycles. The lowest BCUT2D eigenvalue weighted by Gasteiger charge is -2.39. The van der Waals surface area contributed by atoms with Gasteiger partial charge in [0.25, 0.3) is 5.56 Å². The van der Waals surface area contributed by atoms with Gasteiger partial charge in [-0.2, -0.15) is 5.10 Å². The largest absolute Gasteiger partial charge is 0.297 e. The van der Waals surface area contributed by atoms with Crippen molar-refractivity contribution in [2.45, 2.75) is 33.9 Å². The third-order valence-corrected chi connectivity index (χ3v) is 4.90. The number of hydrogen-bond donors (Lipinski definition) is 0. The summed E-state index contributed by atoms with van der Waals surface area (Å²) in [6, 6.07) is 5.29. The van der Waals surface area contributed by atoms with Crippen molar-refractivity contribution < 1.29 is 0 Å². The van der Waals surface area contributed by atoms with Crippen LogP contribution >= 0.6 is 0 Å². The van der Waals surface area contributed by atoms with E-state index in [2.05, 4.69) is 25.1 Å². The maximum absolute atomic E-state index is 12.2. The Balaban J connectivity index is 1.42. The van der Waals surface area contributed by atoms with Crippen LogP contribution in [0.3, 0.4) is 0 Å². The van der Waals surface area contributed by atoms with Crippen LogP contribution in [-0.4, -0.2) is 47.5 Å². The molecule has 1 aliphatic rings. The van der Waals surface area contributed by atoms with Crippen molar-refractivity contribution in [1.82, 2.24) is 34.4 Å². The van der Waals surface area contributed by atoms with Gasteiger partial charge in [0.1, 0.15) is 0 Å². The van der Waals surface area contributed by atoms with E-state index in [0.29, 0.717) is 18.3 Å². The van der Waals surface area contributed by atoms with Gasteiger partial charge in [0, 0.05) is 49.7 Å². The van der Waals surface area contributed by atoms with Gasteiger partial charge in [-0.15, -0.1) is 5.10 Å². The lowest BCUT2D eigenvalue weighted by Crippen LogP contribution is -2.49. The molecule has 3 aromatic heterocycles. The van der Waals surface area contributed by atoms with Crippen molar-refractivity contribution in [3.63, 3.8) is 0 Å². The molecule has 0 N–H and O–H groups in total. The SMILES string of the molecule is Cc1cc(C)n(-c2ccc(=O)n(CC3CN(Cc4nccnc4C)C3)n2)n1.